The number of sulfonamides is 1. The van der Waals surface area contributed by atoms with Gasteiger partial charge < -0.3 is 10.1 Å². The predicted molar refractivity (Wildman–Crippen MR) is 132 cm³/mol. The minimum Gasteiger partial charge on any atom is -0.497 e. The number of carbonyl (C=O) groups excluding carboxylic acids is 1. The quantitative estimate of drug-likeness (QED) is 0.345. The average molecular weight is 493 g/mol. The van der Waals surface area contributed by atoms with Gasteiger partial charge in [-0.3, -0.25) is 5.32 Å². The molecule has 4 rings (SSSR count). The zero-order valence-electron chi connectivity index (χ0n) is 18.9. The van der Waals surface area contributed by atoms with Crippen LogP contribution >= 0.6 is 0 Å². The molecule has 0 atom stereocenters. The molecule has 0 unspecified atom stereocenters. The number of anilines is 1. The molecule has 11 heteroatoms. The lowest BCUT2D eigenvalue weighted by Gasteiger charge is -2.07. The van der Waals surface area contributed by atoms with E-state index in [0.29, 0.717) is 24.5 Å². The summed E-state index contributed by atoms with van der Waals surface area (Å²) in [5.41, 5.74) is 2.45. The summed E-state index contributed by atoms with van der Waals surface area (Å²) in [4.78, 5) is 17.0. The van der Waals surface area contributed by atoms with Crippen molar-refractivity contribution in [1.82, 2.24) is 20.1 Å². The Morgan fingerprint density at radius 1 is 1.00 bits per heavy atom. The van der Waals surface area contributed by atoms with E-state index in [1.165, 1.54) is 12.1 Å². The first-order valence-corrected chi connectivity index (χ1v) is 12.2. The van der Waals surface area contributed by atoms with E-state index in [9.17, 15) is 13.2 Å². The number of nitrogens with zero attached hydrogens (tertiary/aromatic N) is 3. The smallest absolute Gasteiger partial charge is 0.321 e. The topological polar surface area (TPSA) is 141 Å². The molecular formula is C24H24N6O4S. The minimum absolute atomic E-state index is 0.0414. The SMILES string of the molecule is COc1ccc(-n2nc(NC(=O)NCCc3ccc(S(N)(=O)=O)cc3)nc2-c2ccccc2)cc1. The first-order chi connectivity index (χ1) is 16.8. The number of hydrogen-bond acceptors (Lipinski definition) is 6. The van der Waals surface area contributed by atoms with Gasteiger partial charge in [0.1, 0.15) is 5.75 Å². The molecule has 3 aromatic carbocycles. The fourth-order valence-electron chi connectivity index (χ4n) is 3.35. The van der Waals surface area contributed by atoms with Crippen LogP contribution in [-0.2, 0) is 16.4 Å². The van der Waals surface area contributed by atoms with Crippen molar-refractivity contribution in [3.8, 4) is 22.8 Å². The van der Waals surface area contributed by atoms with Gasteiger partial charge in [-0.1, -0.05) is 42.5 Å². The summed E-state index contributed by atoms with van der Waals surface area (Å²) in [6.45, 7) is 0.325. The number of nitrogens with two attached hydrogens (primary N) is 1. The highest BCUT2D eigenvalue weighted by atomic mass is 32.2. The normalized spacial score (nSPS) is 11.1. The molecule has 0 fully saturated rings. The van der Waals surface area contributed by atoms with Gasteiger partial charge in [0.2, 0.25) is 10.0 Å². The maximum Gasteiger partial charge on any atom is 0.321 e. The number of benzene rings is 3. The van der Waals surface area contributed by atoms with Gasteiger partial charge in [0.15, 0.2) is 5.82 Å². The molecule has 2 amide bonds. The first-order valence-electron chi connectivity index (χ1n) is 10.7. The maximum atomic E-state index is 12.4. The van der Waals surface area contributed by atoms with Crippen LogP contribution < -0.4 is 20.5 Å². The largest absolute Gasteiger partial charge is 0.497 e. The fourth-order valence-corrected chi connectivity index (χ4v) is 3.87. The lowest BCUT2D eigenvalue weighted by atomic mass is 10.1. The fraction of sp³-hybridized carbons (Fsp3) is 0.125. The molecule has 0 aliphatic rings. The molecule has 1 heterocycles. The first kappa shape index (κ1) is 23.9. The summed E-state index contributed by atoms with van der Waals surface area (Å²) in [7, 11) is -2.14. The zero-order valence-corrected chi connectivity index (χ0v) is 19.7. The minimum atomic E-state index is -3.74. The summed E-state index contributed by atoms with van der Waals surface area (Å²) in [5, 5.41) is 15.0. The summed E-state index contributed by atoms with van der Waals surface area (Å²) >= 11 is 0. The van der Waals surface area contributed by atoms with Crippen LogP contribution in [0.3, 0.4) is 0 Å². The summed E-state index contributed by atoms with van der Waals surface area (Å²) < 4.78 is 29.6. The molecule has 35 heavy (non-hydrogen) atoms. The number of aromatic nitrogens is 3. The summed E-state index contributed by atoms with van der Waals surface area (Å²) in [6.07, 6.45) is 0.501. The van der Waals surface area contributed by atoms with Crippen molar-refractivity contribution >= 4 is 22.0 Å². The van der Waals surface area contributed by atoms with Crippen LogP contribution in [0.5, 0.6) is 5.75 Å². The van der Waals surface area contributed by atoms with Crippen LogP contribution in [-0.4, -0.2) is 42.9 Å². The Hall–Kier alpha value is -4.22. The second kappa shape index (κ2) is 10.4. The van der Waals surface area contributed by atoms with E-state index in [1.807, 2.05) is 54.6 Å². The van der Waals surface area contributed by atoms with Crippen molar-refractivity contribution in [2.45, 2.75) is 11.3 Å². The van der Waals surface area contributed by atoms with E-state index >= 15 is 0 Å². The van der Waals surface area contributed by atoms with Crippen LogP contribution in [0.25, 0.3) is 17.1 Å². The number of hydrogen-bond donors (Lipinski definition) is 3. The highest BCUT2D eigenvalue weighted by Gasteiger charge is 2.15. The number of nitrogens with one attached hydrogen (secondary N) is 2. The van der Waals surface area contributed by atoms with Crippen molar-refractivity contribution in [2.24, 2.45) is 5.14 Å². The number of rotatable bonds is 8. The Balaban J connectivity index is 1.44. The van der Waals surface area contributed by atoms with Crippen molar-refractivity contribution in [1.29, 1.82) is 0 Å². The van der Waals surface area contributed by atoms with Gasteiger partial charge in [-0.25, -0.2) is 23.0 Å². The molecule has 4 N–H and O–H groups in total. The van der Waals surface area contributed by atoms with Crippen molar-refractivity contribution in [2.75, 3.05) is 19.0 Å². The van der Waals surface area contributed by atoms with Crippen molar-refractivity contribution in [3.63, 3.8) is 0 Å². The van der Waals surface area contributed by atoms with Gasteiger partial charge in [0.05, 0.1) is 17.7 Å². The van der Waals surface area contributed by atoms with Gasteiger partial charge in [0, 0.05) is 12.1 Å². The van der Waals surface area contributed by atoms with Gasteiger partial charge >= 0.3 is 6.03 Å². The molecule has 0 saturated heterocycles. The van der Waals surface area contributed by atoms with Crippen LogP contribution in [0, 0.1) is 0 Å². The number of methoxy groups -OCH3 is 1. The Labute approximate surface area is 202 Å². The number of amides is 2. The highest BCUT2D eigenvalue weighted by Crippen LogP contribution is 2.24. The molecule has 10 nitrogen and oxygen atoms in total. The summed E-state index contributed by atoms with van der Waals surface area (Å²) in [6, 6.07) is 22.6. The molecule has 1 aromatic heterocycles. The Kier molecular flexibility index (Phi) is 7.09. The third kappa shape index (κ3) is 6.02. The third-order valence-electron chi connectivity index (χ3n) is 5.13. The number of urea groups is 1. The lowest BCUT2D eigenvalue weighted by Crippen LogP contribution is -2.30. The molecule has 0 spiro atoms. The van der Waals surface area contributed by atoms with Crippen molar-refractivity contribution < 1.29 is 17.9 Å². The molecule has 180 valence electrons. The van der Waals surface area contributed by atoms with E-state index in [1.54, 1.807) is 23.9 Å². The molecular weight excluding hydrogens is 468 g/mol. The van der Waals surface area contributed by atoms with E-state index < -0.39 is 16.1 Å². The molecule has 0 bridgehead atoms. The predicted octanol–water partition coefficient (Wildman–Crippen LogP) is 2.95. The number of ether oxygens (including phenoxy) is 1. The van der Waals surface area contributed by atoms with E-state index in [0.717, 1.165) is 16.8 Å². The third-order valence-corrected chi connectivity index (χ3v) is 6.06. The lowest BCUT2D eigenvalue weighted by molar-refractivity contribution is 0.252. The van der Waals surface area contributed by atoms with E-state index in [2.05, 4.69) is 20.7 Å². The van der Waals surface area contributed by atoms with E-state index in [-0.39, 0.29) is 10.8 Å². The molecule has 0 aliphatic carbocycles. The van der Waals surface area contributed by atoms with Crippen LogP contribution in [0.15, 0.2) is 83.8 Å². The Bertz CT molecular complexity index is 1400. The average Bonchev–Trinajstić information content (AvgIpc) is 3.28. The number of carbonyl (C=O) groups is 1. The van der Waals surface area contributed by atoms with Gasteiger partial charge in [-0.15, -0.1) is 5.10 Å². The monoisotopic (exact) mass is 492 g/mol. The molecule has 0 radical (unpaired) electrons. The summed E-state index contributed by atoms with van der Waals surface area (Å²) in [5.74, 6) is 1.43. The second-order valence-electron chi connectivity index (χ2n) is 7.55. The maximum absolute atomic E-state index is 12.4. The highest BCUT2D eigenvalue weighted by molar-refractivity contribution is 7.89. The van der Waals surface area contributed by atoms with Crippen LogP contribution in [0.2, 0.25) is 0 Å². The Morgan fingerprint density at radius 2 is 1.69 bits per heavy atom. The number of primary sulfonamides is 1. The Morgan fingerprint density at radius 3 is 2.31 bits per heavy atom. The zero-order chi connectivity index (χ0) is 24.8. The van der Waals surface area contributed by atoms with Crippen LogP contribution in [0.4, 0.5) is 10.7 Å². The van der Waals surface area contributed by atoms with Crippen molar-refractivity contribution in [3.05, 3.63) is 84.4 Å². The van der Waals surface area contributed by atoms with Gasteiger partial charge in [-0.05, 0) is 48.4 Å². The molecule has 4 aromatic rings. The van der Waals surface area contributed by atoms with Crippen LogP contribution in [0.1, 0.15) is 5.56 Å². The van der Waals surface area contributed by atoms with Gasteiger partial charge in [0.25, 0.3) is 5.95 Å². The molecule has 0 saturated carbocycles. The van der Waals surface area contributed by atoms with E-state index in [4.69, 9.17) is 9.88 Å². The standard InChI is InChI=1S/C24H24N6O4S/c1-34-20-11-9-19(10-12-20)30-22(18-5-3-2-4-6-18)27-23(29-30)28-24(31)26-16-15-17-7-13-21(14-8-17)35(25,32)33/h2-14H,15-16H2,1H3,(H2,25,32,33)(H2,26,28,29,31). The van der Waals surface area contributed by atoms with Gasteiger partial charge in [-0.2, -0.15) is 4.98 Å². The second-order valence-corrected chi connectivity index (χ2v) is 9.12. The molecule has 0 aliphatic heterocycles.